The standard InChI is InChI=1S/C16H15Cl2NO3S/c1-11(14-4-2-3-5-15(14)18)19-16(20)10-23(21,22)13-8-6-12(17)7-9-13/h2-9,11H,10H2,1H3,(H,19,20). The molecule has 0 radical (unpaired) electrons. The van der Waals surface area contributed by atoms with Gasteiger partial charge in [-0.1, -0.05) is 41.4 Å². The Hall–Kier alpha value is -1.56. The van der Waals surface area contributed by atoms with Gasteiger partial charge in [0.05, 0.1) is 10.9 Å². The van der Waals surface area contributed by atoms with E-state index in [2.05, 4.69) is 5.32 Å². The van der Waals surface area contributed by atoms with Crippen molar-refractivity contribution in [3.63, 3.8) is 0 Å². The van der Waals surface area contributed by atoms with Gasteiger partial charge in [-0.2, -0.15) is 0 Å². The van der Waals surface area contributed by atoms with E-state index in [-0.39, 0.29) is 4.90 Å². The molecule has 0 aliphatic carbocycles. The van der Waals surface area contributed by atoms with Crippen LogP contribution in [0.3, 0.4) is 0 Å². The fourth-order valence-electron chi connectivity index (χ4n) is 2.09. The Morgan fingerprint density at radius 1 is 1.09 bits per heavy atom. The van der Waals surface area contributed by atoms with E-state index >= 15 is 0 Å². The van der Waals surface area contributed by atoms with E-state index in [1.54, 1.807) is 31.2 Å². The van der Waals surface area contributed by atoms with Crippen molar-refractivity contribution in [3.05, 3.63) is 64.1 Å². The van der Waals surface area contributed by atoms with E-state index in [4.69, 9.17) is 23.2 Å². The summed E-state index contributed by atoms with van der Waals surface area (Å²) in [6.07, 6.45) is 0. The molecular formula is C16H15Cl2NO3S. The number of hydrogen-bond acceptors (Lipinski definition) is 3. The van der Waals surface area contributed by atoms with Crippen LogP contribution in [0.15, 0.2) is 53.4 Å². The molecular weight excluding hydrogens is 357 g/mol. The normalized spacial score (nSPS) is 12.7. The van der Waals surface area contributed by atoms with E-state index in [0.29, 0.717) is 10.0 Å². The maximum Gasteiger partial charge on any atom is 0.236 e. The summed E-state index contributed by atoms with van der Waals surface area (Å²) in [6, 6.07) is 12.4. The smallest absolute Gasteiger partial charge is 0.236 e. The highest BCUT2D eigenvalue weighted by molar-refractivity contribution is 7.92. The monoisotopic (exact) mass is 371 g/mol. The number of carbonyl (C=O) groups excluding carboxylic acids is 1. The molecule has 0 bridgehead atoms. The Kier molecular flexibility index (Phi) is 5.68. The van der Waals surface area contributed by atoms with Crippen molar-refractivity contribution in [2.24, 2.45) is 0 Å². The van der Waals surface area contributed by atoms with Crippen molar-refractivity contribution < 1.29 is 13.2 Å². The minimum absolute atomic E-state index is 0.0578. The molecule has 1 N–H and O–H groups in total. The lowest BCUT2D eigenvalue weighted by Gasteiger charge is -2.15. The molecule has 0 aromatic heterocycles. The van der Waals surface area contributed by atoms with Crippen molar-refractivity contribution in [2.75, 3.05) is 5.75 Å². The fourth-order valence-corrected chi connectivity index (χ4v) is 3.66. The number of hydrogen-bond donors (Lipinski definition) is 1. The van der Waals surface area contributed by atoms with E-state index in [1.807, 2.05) is 0 Å². The number of nitrogens with one attached hydrogen (secondary N) is 1. The van der Waals surface area contributed by atoms with Gasteiger partial charge in [-0.15, -0.1) is 0 Å². The highest BCUT2D eigenvalue weighted by Gasteiger charge is 2.21. The minimum Gasteiger partial charge on any atom is -0.349 e. The summed E-state index contributed by atoms with van der Waals surface area (Å²) in [6.45, 7) is 1.74. The van der Waals surface area contributed by atoms with Crippen LogP contribution < -0.4 is 5.32 Å². The molecule has 122 valence electrons. The van der Waals surface area contributed by atoms with Gasteiger partial charge in [-0.05, 0) is 42.8 Å². The van der Waals surface area contributed by atoms with Crippen LogP contribution in [0.1, 0.15) is 18.5 Å². The van der Waals surface area contributed by atoms with Crippen molar-refractivity contribution >= 4 is 38.9 Å². The molecule has 1 atom stereocenters. The Morgan fingerprint density at radius 2 is 1.70 bits per heavy atom. The third-order valence-electron chi connectivity index (χ3n) is 3.24. The molecule has 0 heterocycles. The SMILES string of the molecule is CC(NC(=O)CS(=O)(=O)c1ccc(Cl)cc1)c1ccccc1Cl. The zero-order valence-corrected chi connectivity index (χ0v) is 14.6. The minimum atomic E-state index is -3.72. The zero-order valence-electron chi connectivity index (χ0n) is 12.3. The van der Waals surface area contributed by atoms with E-state index < -0.39 is 27.5 Å². The quantitative estimate of drug-likeness (QED) is 0.872. The maximum absolute atomic E-state index is 12.2. The first-order valence-electron chi connectivity index (χ1n) is 6.82. The summed E-state index contributed by atoms with van der Waals surface area (Å²) in [5, 5.41) is 3.59. The van der Waals surface area contributed by atoms with Gasteiger partial charge in [0.15, 0.2) is 9.84 Å². The van der Waals surface area contributed by atoms with E-state index in [0.717, 1.165) is 5.56 Å². The van der Waals surface area contributed by atoms with Crippen LogP contribution in [0, 0.1) is 0 Å². The van der Waals surface area contributed by atoms with Gasteiger partial charge in [0.25, 0.3) is 0 Å². The Morgan fingerprint density at radius 3 is 2.30 bits per heavy atom. The summed E-state index contributed by atoms with van der Waals surface area (Å²) in [4.78, 5) is 12.1. The van der Waals surface area contributed by atoms with E-state index in [9.17, 15) is 13.2 Å². The van der Waals surface area contributed by atoms with Crippen LogP contribution in [-0.4, -0.2) is 20.1 Å². The molecule has 2 aromatic rings. The predicted molar refractivity (Wildman–Crippen MR) is 91.5 cm³/mol. The van der Waals surface area contributed by atoms with Crippen molar-refractivity contribution in [1.82, 2.24) is 5.32 Å². The lowest BCUT2D eigenvalue weighted by atomic mass is 10.1. The van der Waals surface area contributed by atoms with Crippen LogP contribution in [0.25, 0.3) is 0 Å². The van der Waals surface area contributed by atoms with Crippen LogP contribution in [0.4, 0.5) is 0 Å². The van der Waals surface area contributed by atoms with Crippen LogP contribution in [0.2, 0.25) is 10.0 Å². The molecule has 2 rings (SSSR count). The molecule has 0 saturated heterocycles. The Balaban J connectivity index is 2.07. The first-order chi connectivity index (χ1) is 10.8. The summed E-state index contributed by atoms with van der Waals surface area (Å²) >= 11 is 11.8. The lowest BCUT2D eigenvalue weighted by molar-refractivity contribution is -0.119. The lowest BCUT2D eigenvalue weighted by Crippen LogP contribution is -2.32. The highest BCUT2D eigenvalue weighted by Crippen LogP contribution is 2.22. The maximum atomic E-state index is 12.2. The summed E-state index contributed by atoms with van der Waals surface area (Å²) < 4.78 is 24.4. The number of amides is 1. The predicted octanol–water partition coefficient (Wildman–Crippen LogP) is 3.64. The van der Waals surface area contributed by atoms with Crippen molar-refractivity contribution in [3.8, 4) is 0 Å². The molecule has 1 amide bonds. The average molecular weight is 372 g/mol. The molecule has 0 aliphatic rings. The molecule has 0 saturated carbocycles. The van der Waals surface area contributed by atoms with Crippen LogP contribution in [-0.2, 0) is 14.6 Å². The first kappa shape index (κ1) is 17.8. The average Bonchev–Trinajstić information content (AvgIpc) is 2.47. The number of sulfone groups is 1. The largest absolute Gasteiger partial charge is 0.349 e. The third-order valence-corrected chi connectivity index (χ3v) is 5.47. The second kappa shape index (κ2) is 7.34. The Labute approximate surface area is 145 Å². The molecule has 4 nitrogen and oxygen atoms in total. The number of rotatable bonds is 5. The van der Waals surface area contributed by atoms with Gasteiger partial charge in [-0.25, -0.2) is 8.42 Å². The fraction of sp³-hybridized carbons (Fsp3) is 0.188. The molecule has 0 fully saturated rings. The van der Waals surface area contributed by atoms with Gasteiger partial charge >= 0.3 is 0 Å². The topological polar surface area (TPSA) is 63.2 Å². The van der Waals surface area contributed by atoms with Crippen molar-refractivity contribution in [1.29, 1.82) is 0 Å². The molecule has 2 aromatic carbocycles. The second-order valence-electron chi connectivity index (χ2n) is 5.02. The van der Waals surface area contributed by atoms with E-state index in [1.165, 1.54) is 24.3 Å². The number of carbonyl (C=O) groups is 1. The third kappa shape index (κ3) is 4.70. The zero-order chi connectivity index (χ0) is 17.0. The van der Waals surface area contributed by atoms with Crippen LogP contribution in [0.5, 0.6) is 0 Å². The summed E-state index contributed by atoms with van der Waals surface area (Å²) in [7, 11) is -3.72. The van der Waals surface area contributed by atoms with Crippen molar-refractivity contribution in [2.45, 2.75) is 17.9 Å². The molecule has 23 heavy (non-hydrogen) atoms. The van der Waals surface area contributed by atoms with Crippen LogP contribution >= 0.6 is 23.2 Å². The van der Waals surface area contributed by atoms with Gasteiger partial charge in [0, 0.05) is 10.0 Å². The van der Waals surface area contributed by atoms with Gasteiger partial charge in [-0.3, -0.25) is 4.79 Å². The first-order valence-corrected chi connectivity index (χ1v) is 9.22. The molecule has 0 spiro atoms. The molecule has 7 heteroatoms. The van der Waals surface area contributed by atoms with Gasteiger partial charge in [0.2, 0.25) is 5.91 Å². The van der Waals surface area contributed by atoms with Gasteiger partial charge in [0.1, 0.15) is 5.75 Å². The summed E-state index contributed by atoms with van der Waals surface area (Å²) in [5.74, 6) is -1.23. The molecule has 1 unspecified atom stereocenters. The number of benzene rings is 2. The van der Waals surface area contributed by atoms with Gasteiger partial charge < -0.3 is 5.32 Å². The second-order valence-corrected chi connectivity index (χ2v) is 7.86. The number of halogens is 2. The Bertz CT molecular complexity index is 804. The highest BCUT2D eigenvalue weighted by atomic mass is 35.5. The molecule has 0 aliphatic heterocycles. The summed E-state index contributed by atoms with van der Waals surface area (Å²) in [5.41, 5.74) is 0.728.